The predicted octanol–water partition coefficient (Wildman–Crippen LogP) is 2.18. The number of anilines is 1. The van der Waals surface area contributed by atoms with Gasteiger partial charge in [0, 0.05) is 36.8 Å². The maximum absolute atomic E-state index is 12.8. The summed E-state index contributed by atoms with van der Waals surface area (Å²) >= 11 is 0. The molecule has 1 fully saturated rings. The van der Waals surface area contributed by atoms with Gasteiger partial charge in [0.1, 0.15) is 10.6 Å². The fourth-order valence-corrected chi connectivity index (χ4v) is 3.95. The summed E-state index contributed by atoms with van der Waals surface area (Å²) in [7, 11) is -2.52. The van der Waals surface area contributed by atoms with Crippen molar-refractivity contribution >= 4 is 34.0 Å². The summed E-state index contributed by atoms with van der Waals surface area (Å²) < 4.78 is 33.4. The summed E-state index contributed by atoms with van der Waals surface area (Å²) in [5.74, 6) is 0.282. The van der Waals surface area contributed by atoms with Crippen LogP contribution in [0.1, 0.15) is 15.9 Å². The van der Waals surface area contributed by atoms with E-state index in [1.807, 2.05) is 19.1 Å². The van der Waals surface area contributed by atoms with Gasteiger partial charge in [-0.05, 0) is 37.3 Å². The molecule has 0 aromatic heterocycles. The van der Waals surface area contributed by atoms with Crippen molar-refractivity contribution in [2.24, 2.45) is 5.92 Å². The zero-order valence-corrected chi connectivity index (χ0v) is 17.3. The molecule has 7 nitrogen and oxygen atoms in total. The number of aryl methyl sites for hydroxylation is 1. The smallest absolute Gasteiger partial charge is 0.265 e. The topological polar surface area (TPSA) is 96.5 Å². The van der Waals surface area contributed by atoms with E-state index in [4.69, 9.17) is 4.74 Å². The molecule has 0 atom stereocenters. The lowest BCUT2D eigenvalue weighted by Gasteiger charge is -2.27. The van der Waals surface area contributed by atoms with Crippen LogP contribution in [0.5, 0.6) is 5.75 Å². The lowest BCUT2D eigenvalue weighted by atomic mass is 10.0. The maximum atomic E-state index is 12.8. The first-order valence-corrected chi connectivity index (χ1v) is 10.1. The van der Waals surface area contributed by atoms with Crippen molar-refractivity contribution in [3.8, 4) is 5.75 Å². The molecule has 2 aromatic rings. The van der Waals surface area contributed by atoms with Crippen LogP contribution in [-0.4, -0.2) is 41.1 Å². The van der Waals surface area contributed by atoms with Crippen molar-refractivity contribution in [1.29, 1.82) is 0 Å². The van der Waals surface area contributed by atoms with Gasteiger partial charge in [0.25, 0.3) is 15.9 Å². The van der Waals surface area contributed by atoms with Crippen LogP contribution in [-0.2, 0) is 10.0 Å². The summed E-state index contributed by atoms with van der Waals surface area (Å²) in [5.41, 5.74) is 1.73. The van der Waals surface area contributed by atoms with E-state index in [-0.39, 0.29) is 34.5 Å². The second kappa shape index (κ2) is 9.27. The lowest BCUT2D eigenvalue weighted by Crippen LogP contribution is -2.48. The van der Waals surface area contributed by atoms with Crippen molar-refractivity contribution in [2.75, 3.05) is 31.5 Å². The first-order valence-electron chi connectivity index (χ1n) is 8.65. The Bertz CT molecular complexity index is 929. The minimum Gasteiger partial charge on any atom is -0.495 e. The Morgan fingerprint density at radius 3 is 2.43 bits per heavy atom. The number of amides is 1. The number of sulfonamides is 1. The molecular weight excluding hydrogens is 402 g/mol. The highest BCUT2D eigenvalue weighted by Gasteiger charge is 2.23. The molecule has 28 heavy (non-hydrogen) atoms. The van der Waals surface area contributed by atoms with Crippen LogP contribution in [0.3, 0.4) is 0 Å². The molecule has 1 saturated heterocycles. The van der Waals surface area contributed by atoms with E-state index in [1.165, 1.54) is 19.2 Å². The van der Waals surface area contributed by atoms with Gasteiger partial charge in [-0.2, -0.15) is 0 Å². The maximum Gasteiger partial charge on any atom is 0.265 e. The first kappa shape index (κ1) is 22.0. The average Bonchev–Trinajstić information content (AvgIpc) is 2.61. The molecule has 1 aliphatic rings. The number of carbonyl (C=O) groups excluding carboxylic acids is 1. The molecule has 0 unspecified atom stereocenters. The molecule has 9 heteroatoms. The van der Waals surface area contributed by atoms with Gasteiger partial charge in [0.15, 0.2) is 0 Å². The molecule has 0 saturated carbocycles. The Balaban J connectivity index is 0.00000280. The molecule has 0 spiro atoms. The van der Waals surface area contributed by atoms with E-state index in [0.717, 1.165) is 18.7 Å². The Morgan fingerprint density at radius 2 is 1.86 bits per heavy atom. The Morgan fingerprint density at radius 1 is 1.18 bits per heavy atom. The fraction of sp³-hybridized carbons (Fsp3) is 0.316. The third kappa shape index (κ3) is 5.15. The summed E-state index contributed by atoms with van der Waals surface area (Å²) in [6.07, 6.45) is 0. The number of hydrogen-bond acceptors (Lipinski definition) is 5. The van der Waals surface area contributed by atoms with Crippen LogP contribution >= 0.6 is 12.4 Å². The van der Waals surface area contributed by atoms with Crippen LogP contribution in [0.25, 0.3) is 0 Å². The quantitative estimate of drug-likeness (QED) is 0.631. The van der Waals surface area contributed by atoms with Crippen LogP contribution in [0, 0.1) is 12.8 Å². The highest BCUT2D eigenvalue weighted by molar-refractivity contribution is 7.92. The molecule has 3 N–H and O–H groups in total. The molecule has 2 aromatic carbocycles. The standard InChI is InChI=1S/C19H23N3O4S.ClH/c1-13-3-6-16(7-4-13)22-27(24,25)18-9-15(5-8-17(18)26-2)19(23)21-12-14-10-20-11-14;/h3-9,14,20,22H,10-12H2,1-2H3,(H,21,23);1H. The average molecular weight is 426 g/mol. The van der Waals surface area contributed by atoms with E-state index in [2.05, 4.69) is 15.4 Å². The summed E-state index contributed by atoms with van der Waals surface area (Å²) in [6.45, 7) is 4.23. The van der Waals surface area contributed by atoms with E-state index in [9.17, 15) is 13.2 Å². The Kier molecular flexibility index (Phi) is 7.29. The summed E-state index contributed by atoms with van der Waals surface area (Å²) in [5, 5.41) is 5.98. The Labute approximate surface area is 171 Å². The monoisotopic (exact) mass is 425 g/mol. The fourth-order valence-electron chi connectivity index (χ4n) is 2.69. The largest absolute Gasteiger partial charge is 0.495 e. The molecule has 0 radical (unpaired) electrons. The number of nitrogens with one attached hydrogen (secondary N) is 3. The third-order valence-corrected chi connectivity index (χ3v) is 5.84. The van der Waals surface area contributed by atoms with E-state index in [0.29, 0.717) is 18.2 Å². The van der Waals surface area contributed by atoms with Gasteiger partial charge in [0.05, 0.1) is 7.11 Å². The number of hydrogen-bond donors (Lipinski definition) is 3. The summed E-state index contributed by atoms with van der Waals surface area (Å²) in [6, 6.07) is 11.4. The van der Waals surface area contributed by atoms with Gasteiger partial charge in [0.2, 0.25) is 0 Å². The number of rotatable bonds is 7. The lowest BCUT2D eigenvalue weighted by molar-refractivity contribution is 0.0942. The molecule has 0 aliphatic carbocycles. The first-order chi connectivity index (χ1) is 12.9. The molecule has 1 aliphatic heterocycles. The number of carbonyl (C=O) groups is 1. The number of benzene rings is 2. The minimum absolute atomic E-state index is 0. The van der Waals surface area contributed by atoms with Crippen molar-refractivity contribution in [2.45, 2.75) is 11.8 Å². The van der Waals surface area contributed by atoms with E-state index >= 15 is 0 Å². The second-order valence-electron chi connectivity index (χ2n) is 6.57. The number of methoxy groups -OCH3 is 1. The van der Waals surface area contributed by atoms with Crippen molar-refractivity contribution in [3.05, 3.63) is 53.6 Å². The van der Waals surface area contributed by atoms with Crippen molar-refractivity contribution in [1.82, 2.24) is 10.6 Å². The van der Waals surface area contributed by atoms with Crippen molar-refractivity contribution < 1.29 is 17.9 Å². The van der Waals surface area contributed by atoms with E-state index in [1.54, 1.807) is 18.2 Å². The molecular formula is C19H24ClN3O4S. The van der Waals surface area contributed by atoms with Gasteiger partial charge in [-0.15, -0.1) is 12.4 Å². The van der Waals surface area contributed by atoms with Crippen LogP contribution in [0.15, 0.2) is 47.4 Å². The van der Waals surface area contributed by atoms with Crippen LogP contribution < -0.4 is 20.1 Å². The number of halogens is 1. The highest BCUT2D eigenvalue weighted by Crippen LogP contribution is 2.27. The number of ether oxygens (including phenoxy) is 1. The molecule has 1 heterocycles. The van der Waals surface area contributed by atoms with Gasteiger partial charge < -0.3 is 15.4 Å². The van der Waals surface area contributed by atoms with Crippen molar-refractivity contribution in [3.63, 3.8) is 0 Å². The van der Waals surface area contributed by atoms with Gasteiger partial charge >= 0.3 is 0 Å². The summed E-state index contributed by atoms with van der Waals surface area (Å²) in [4.78, 5) is 12.3. The highest BCUT2D eigenvalue weighted by atomic mass is 35.5. The van der Waals surface area contributed by atoms with Crippen LogP contribution in [0.2, 0.25) is 0 Å². The minimum atomic E-state index is -3.91. The van der Waals surface area contributed by atoms with Crippen LogP contribution in [0.4, 0.5) is 5.69 Å². The normalized spacial score (nSPS) is 13.8. The molecule has 1 amide bonds. The third-order valence-electron chi connectivity index (χ3n) is 4.44. The van der Waals surface area contributed by atoms with E-state index < -0.39 is 10.0 Å². The second-order valence-corrected chi connectivity index (χ2v) is 8.22. The SMILES string of the molecule is COc1ccc(C(=O)NCC2CNC2)cc1S(=O)(=O)Nc1ccc(C)cc1.Cl. The predicted molar refractivity (Wildman–Crippen MR) is 111 cm³/mol. The molecule has 152 valence electrons. The zero-order chi connectivity index (χ0) is 19.4. The Hall–Kier alpha value is -2.29. The van der Waals surface area contributed by atoms with Gasteiger partial charge in [-0.3, -0.25) is 9.52 Å². The molecule has 0 bridgehead atoms. The zero-order valence-electron chi connectivity index (χ0n) is 15.7. The molecule has 3 rings (SSSR count). The van der Waals surface area contributed by atoms with Gasteiger partial charge in [-0.1, -0.05) is 17.7 Å². The van der Waals surface area contributed by atoms with Gasteiger partial charge in [-0.25, -0.2) is 8.42 Å².